The Bertz CT molecular complexity index is 2600. The number of aromatic nitrogens is 4. The molecule has 0 aliphatic carbocycles. The highest BCUT2D eigenvalue weighted by molar-refractivity contribution is 6.22. The molecule has 0 bridgehead atoms. The second-order valence-electron chi connectivity index (χ2n) is 12.3. The Labute approximate surface area is 290 Å². The molecule has 0 saturated heterocycles. The summed E-state index contributed by atoms with van der Waals surface area (Å²) >= 11 is 0. The second-order valence-corrected chi connectivity index (χ2v) is 12.3. The maximum absolute atomic E-state index is 5.12. The number of nitrogens with zero attached hydrogens (tertiary/aromatic N) is 4. The Morgan fingerprint density at radius 3 is 1.36 bits per heavy atom. The van der Waals surface area contributed by atoms with E-state index in [2.05, 4.69) is 132 Å². The van der Waals surface area contributed by atoms with Gasteiger partial charge in [0.15, 0.2) is 17.5 Å². The van der Waals surface area contributed by atoms with Crippen molar-refractivity contribution in [1.82, 2.24) is 19.9 Å². The fourth-order valence-corrected chi connectivity index (χ4v) is 6.84. The minimum absolute atomic E-state index is 0.623. The first kappa shape index (κ1) is 29.4. The maximum atomic E-state index is 5.12. The highest BCUT2D eigenvalue weighted by Gasteiger charge is 2.19. The van der Waals surface area contributed by atoms with Crippen LogP contribution < -0.4 is 0 Å². The average molecular weight is 639 g/mol. The third-order valence-electron chi connectivity index (χ3n) is 9.21. The molecule has 0 fully saturated rings. The van der Waals surface area contributed by atoms with Gasteiger partial charge in [0.25, 0.3) is 0 Å². The van der Waals surface area contributed by atoms with Crippen LogP contribution in [0.2, 0.25) is 0 Å². The fourth-order valence-electron chi connectivity index (χ4n) is 6.84. The quantitative estimate of drug-likeness (QED) is 0.170. The number of benzene rings is 7. The van der Waals surface area contributed by atoms with Crippen molar-refractivity contribution in [3.05, 3.63) is 182 Å². The Balaban J connectivity index is 1.28. The summed E-state index contributed by atoms with van der Waals surface area (Å²) in [5.74, 6) is 1.89. The van der Waals surface area contributed by atoms with Gasteiger partial charge in [0.1, 0.15) is 0 Å². The average Bonchev–Trinajstić information content (AvgIpc) is 3.21. The van der Waals surface area contributed by atoms with Gasteiger partial charge in [0.05, 0.1) is 0 Å². The van der Waals surface area contributed by atoms with Crippen LogP contribution in [0, 0.1) is 0 Å². The van der Waals surface area contributed by atoms with Crippen molar-refractivity contribution in [2.24, 2.45) is 0 Å². The van der Waals surface area contributed by atoms with E-state index in [4.69, 9.17) is 15.0 Å². The zero-order valence-corrected chi connectivity index (χ0v) is 27.1. The lowest BCUT2D eigenvalue weighted by molar-refractivity contribution is 1.07. The number of rotatable bonds is 6. The largest absolute Gasteiger partial charge is 0.264 e. The first-order valence-corrected chi connectivity index (χ1v) is 16.7. The molecular weight excluding hydrogens is 609 g/mol. The van der Waals surface area contributed by atoms with Crippen molar-refractivity contribution in [3.63, 3.8) is 0 Å². The summed E-state index contributed by atoms with van der Waals surface area (Å²) in [7, 11) is 0. The van der Waals surface area contributed by atoms with Crippen LogP contribution in [0.1, 0.15) is 0 Å². The van der Waals surface area contributed by atoms with E-state index in [1.54, 1.807) is 0 Å². The molecule has 4 heteroatoms. The van der Waals surface area contributed by atoms with Crippen molar-refractivity contribution < 1.29 is 0 Å². The lowest BCUT2D eigenvalue weighted by Gasteiger charge is -2.19. The Morgan fingerprint density at radius 2 is 0.720 bits per heavy atom. The highest BCUT2D eigenvalue weighted by Crippen LogP contribution is 2.45. The molecule has 0 N–H and O–H groups in total. The fraction of sp³-hybridized carbons (Fsp3) is 0. The van der Waals surface area contributed by atoms with Crippen molar-refractivity contribution in [2.75, 3.05) is 0 Å². The van der Waals surface area contributed by atoms with Gasteiger partial charge in [-0.3, -0.25) is 4.98 Å². The van der Waals surface area contributed by atoms with E-state index in [1.165, 1.54) is 21.7 Å². The van der Waals surface area contributed by atoms with Gasteiger partial charge in [-0.1, -0.05) is 158 Å². The SMILES string of the molecule is c1ccc(-c2ccc(-c3nc(-c4ccccc4)nc(-c4ccc5c(c4)c(-c4ccccc4)c(-c4cccnc4)c4ccccc45)n3)cc2)cc1. The maximum Gasteiger partial charge on any atom is 0.164 e. The Kier molecular flexibility index (Phi) is 7.45. The number of hydrogen-bond donors (Lipinski definition) is 0. The van der Waals surface area contributed by atoms with Gasteiger partial charge < -0.3 is 0 Å². The summed E-state index contributed by atoms with van der Waals surface area (Å²) in [5.41, 5.74) is 9.63. The van der Waals surface area contributed by atoms with Gasteiger partial charge in [-0.2, -0.15) is 0 Å². The molecule has 0 saturated carbocycles. The molecule has 0 amide bonds. The molecule has 0 aliphatic rings. The molecule has 0 spiro atoms. The number of fused-ring (bicyclic) bond motifs is 3. The van der Waals surface area contributed by atoms with E-state index in [1.807, 2.05) is 54.9 Å². The first-order chi connectivity index (χ1) is 24.8. The predicted octanol–water partition coefficient (Wildman–Crippen LogP) is 11.6. The molecule has 0 radical (unpaired) electrons. The van der Waals surface area contributed by atoms with E-state index in [9.17, 15) is 0 Å². The Hall–Kier alpha value is -6.78. The Morgan fingerprint density at radius 1 is 0.280 bits per heavy atom. The molecular formula is C46H30N4. The summed E-state index contributed by atoms with van der Waals surface area (Å²) in [6.45, 7) is 0. The summed E-state index contributed by atoms with van der Waals surface area (Å²) in [4.78, 5) is 19.7. The summed E-state index contributed by atoms with van der Waals surface area (Å²) < 4.78 is 0. The van der Waals surface area contributed by atoms with Crippen molar-refractivity contribution >= 4 is 21.5 Å². The predicted molar refractivity (Wildman–Crippen MR) is 205 cm³/mol. The van der Waals surface area contributed by atoms with Crippen molar-refractivity contribution in [2.45, 2.75) is 0 Å². The molecule has 2 heterocycles. The monoisotopic (exact) mass is 638 g/mol. The van der Waals surface area contributed by atoms with E-state index in [0.29, 0.717) is 17.5 Å². The van der Waals surface area contributed by atoms with E-state index in [0.717, 1.165) is 49.9 Å². The third kappa shape index (κ3) is 5.39. The van der Waals surface area contributed by atoms with Crippen LogP contribution in [0.15, 0.2) is 182 Å². The molecule has 9 aromatic rings. The second kappa shape index (κ2) is 12.7. The van der Waals surface area contributed by atoms with Gasteiger partial charge in [0.2, 0.25) is 0 Å². The highest BCUT2D eigenvalue weighted by atomic mass is 15.0. The van der Waals surface area contributed by atoms with Crippen LogP contribution in [0.3, 0.4) is 0 Å². The lowest BCUT2D eigenvalue weighted by Crippen LogP contribution is -2.00. The van der Waals surface area contributed by atoms with Gasteiger partial charge in [-0.25, -0.2) is 15.0 Å². The first-order valence-electron chi connectivity index (χ1n) is 16.7. The molecule has 234 valence electrons. The molecule has 0 aliphatic heterocycles. The minimum atomic E-state index is 0.623. The molecule has 9 rings (SSSR count). The summed E-state index contributed by atoms with van der Waals surface area (Å²) in [6, 6.07) is 59.0. The molecule has 4 nitrogen and oxygen atoms in total. The van der Waals surface area contributed by atoms with Gasteiger partial charge in [-0.15, -0.1) is 0 Å². The minimum Gasteiger partial charge on any atom is -0.264 e. The summed E-state index contributed by atoms with van der Waals surface area (Å²) in [5, 5.41) is 4.67. The lowest BCUT2D eigenvalue weighted by atomic mass is 9.85. The third-order valence-corrected chi connectivity index (χ3v) is 9.21. The smallest absolute Gasteiger partial charge is 0.164 e. The standard InChI is InChI=1S/C46H30N4/c1-4-13-31(14-5-1)32-22-24-35(25-23-32)45-48-44(34-17-8-3-9-18-34)49-46(50-45)36-26-27-39-38-20-10-11-21-40(38)43(37-19-12-28-47-30-37)42(41(39)29-36)33-15-6-2-7-16-33/h1-30H. The normalized spacial score (nSPS) is 11.2. The molecule has 0 atom stereocenters. The van der Waals surface area contributed by atoms with Gasteiger partial charge in [-0.05, 0) is 61.5 Å². The van der Waals surface area contributed by atoms with E-state index in [-0.39, 0.29) is 0 Å². The van der Waals surface area contributed by atoms with Crippen molar-refractivity contribution in [3.8, 4) is 67.5 Å². The van der Waals surface area contributed by atoms with Crippen LogP contribution in [0.4, 0.5) is 0 Å². The topological polar surface area (TPSA) is 51.6 Å². The van der Waals surface area contributed by atoms with Crippen LogP contribution in [-0.4, -0.2) is 19.9 Å². The zero-order chi connectivity index (χ0) is 33.3. The van der Waals surface area contributed by atoms with Gasteiger partial charge in [0, 0.05) is 34.6 Å². The molecule has 0 unspecified atom stereocenters. The zero-order valence-electron chi connectivity index (χ0n) is 27.1. The van der Waals surface area contributed by atoms with Crippen LogP contribution in [0.25, 0.3) is 89.1 Å². The molecule has 7 aromatic carbocycles. The summed E-state index contributed by atoms with van der Waals surface area (Å²) in [6.07, 6.45) is 3.78. The number of hydrogen-bond acceptors (Lipinski definition) is 4. The molecule has 50 heavy (non-hydrogen) atoms. The number of pyridine rings is 1. The molecule has 2 aromatic heterocycles. The van der Waals surface area contributed by atoms with Crippen molar-refractivity contribution in [1.29, 1.82) is 0 Å². The van der Waals surface area contributed by atoms with E-state index < -0.39 is 0 Å². The van der Waals surface area contributed by atoms with Crippen LogP contribution in [0.5, 0.6) is 0 Å². The van der Waals surface area contributed by atoms with Crippen LogP contribution in [-0.2, 0) is 0 Å². The van der Waals surface area contributed by atoms with Crippen LogP contribution >= 0.6 is 0 Å². The van der Waals surface area contributed by atoms with E-state index >= 15 is 0 Å². The van der Waals surface area contributed by atoms with Gasteiger partial charge >= 0.3 is 0 Å².